The van der Waals surface area contributed by atoms with Gasteiger partial charge in [0.15, 0.2) is 5.96 Å². The largest absolute Gasteiger partial charge is 0.381 e. The number of carbonyl (C=O) groups excluding carboxylic acids is 1. The minimum Gasteiger partial charge on any atom is -0.381 e. The molecule has 8 heteroatoms. The minimum atomic E-state index is -0.0674. The smallest absolute Gasteiger partial charge is 0.251 e. The van der Waals surface area contributed by atoms with E-state index in [9.17, 15) is 4.79 Å². The Bertz CT molecular complexity index is 592. The topological polar surface area (TPSA) is 66.0 Å². The van der Waals surface area contributed by atoms with Crippen molar-refractivity contribution in [1.29, 1.82) is 0 Å². The molecule has 2 rings (SSSR count). The van der Waals surface area contributed by atoms with Crippen molar-refractivity contribution in [3.8, 4) is 0 Å². The van der Waals surface area contributed by atoms with Crippen LogP contribution in [0.2, 0.25) is 0 Å². The van der Waals surface area contributed by atoms with Gasteiger partial charge in [0.25, 0.3) is 5.91 Å². The number of benzene rings is 1. The van der Waals surface area contributed by atoms with E-state index in [2.05, 4.69) is 43.5 Å². The number of hydrogen-bond acceptors (Lipinski definition) is 3. The highest BCUT2D eigenvalue weighted by molar-refractivity contribution is 14.0. The molecule has 0 radical (unpaired) electrons. The maximum atomic E-state index is 12.1. The summed E-state index contributed by atoms with van der Waals surface area (Å²) < 4.78 is 6.37. The number of halogens is 2. The minimum absolute atomic E-state index is 0. The zero-order valence-electron chi connectivity index (χ0n) is 16.0. The molecule has 1 aromatic carbocycles. The first-order valence-electron chi connectivity index (χ1n) is 9.13. The molecule has 1 amide bonds. The highest BCUT2D eigenvalue weighted by Gasteiger charge is 2.15. The van der Waals surface area contributed by atoms with E-state index in [-0.39, 0.29) is 29.9 Å². The molecule has 0 atom stereocenters. The summed E-state index contributed by atoms with van der Waals surface area (Å²) >= 11 is 3.37. The SMILES string of the molecule is CN=C(NCCNC(=O)c1ccc(Br)cc1)N(C)CCC1CCOCC1.I. The van der Waals surface area contributed by atoms with Crippen LogP contribution in [0.25, 0.3) is 0 Å². The third-order valence-corrected chi connectivity index (χ3v) is 5.12. The van der Waals surface area contributed by atoms with Gasteiger partial charge in [0, 0.05) is 57.0 Å². The van der Waals surface area contributed by atoms with Gasteiger partial charge in [-0.3, -0.25) is 9.79 Å². The third-order valence-electron chi connectivity index (χ3n) is 4.59. The molecule has 1 saturated heterocycles. The number of hydrogen-bond donors (Lipinski definition) is 2. The molecule has 0 saturated carbocycles. The molecule has 0 unspecified atom stereocenters. The van der Waals surface area contributed by atoms with Crippen molar-refractivity contribution in [3.63, 3.8) is 0 Å². The second kappa shape index (κ2) is 13.3. The van der Waals surface area contributed by atoms with Gasteiger partial charge in [0.2, 0.25) is 0 Å². The van der Waals surface area contributed by atoms with Crippen LogP contribution in [-0.4, -0.2) is 63.7 Å². The van der Waals surface area contributed by atoms with Crippen molar-refractivity contribution in [2.75, 3.05) is 46.9 Å². The van der Waals surface area contributed by atoms with Gasteiger partial charge in [-0.15, -0.1) is 24.0 Å². The summed E-state index contributed by atoms with van der Waals surface area (Å²) in [5.74, 6) is 1.53. The molecule has 0 aromatic heterocycles. The van der Waals surface area contributed by atoms with Crippen LogP contribution in [0.3, 0.4) is 0 Å². The predicted octanol–water partition coefficient (Wildman–Crippen LogP) is 3.12. The summed E-state index contributed by atoms with van der Waals surface area (Å²) in [6.45, 7) is 3.92. The fraction of sp³-hybridized carbons (Fsp3) is 0.579. The molecule has 1 heterocycles. The highest BCUT2D eigenvalue weighted by atomic mass is 127. The number of nitrogens with zero attached hydrogens (tertiary/aromatic N) is 2. The van der Waals surface area contributed by atoms with E-state index in [1.54, 1.807) is 19.2 Å². The van der Waals surface area contributed by atoms with E-state index in [0.717, 1.165) is 55.4 Å². The van der Waals surface area contributed by atoms with Crippen molar-refractivity contribution in [1.82, 2.24) is 15.5 Å². The molecular formula is C19H30BrIN4O2. The quantitative estimate of drug-likeness (QED) is 0.236. The molecule has 2 N–H and O–H groups in total. The Hall–Kier alpha value is -0.870. The second-order valence-electron chi connectivity index (χ2n) is 6.50. The lowest BCUT2D eigenvalue weighted by Gasteiger charge is -2.26. The average Bonchev–Trinajstić information content (AvgIpc) is 2.67. The molecule has 6 nitrogen and oxygen atoms in total. The van der Waals surface area contributed by atoms with E-state index in [1.165, 1.54) is 0 Å². The lowest BCUT2D eigenvalue weighted by Crippen LogP contribution is -2.43. The standard InChI is InChI=1S/C19H29BrN4O2.HI/c1-21-19(24(2)12-7-15-8-13-26-14-9-15)23-11-10-22-18(25)16-3-5-17(20)6-4-16;/h3-6,15H,7-14H2,1-2H3,(H,21,23)(H,22,25);1H. The Kier molecular flexibility index (Phi) is 11.9. The van der Waals surface area contributed by atoms with E-state index in [1.807, 2.05) is 12.1 Å². The van der Waals surface area contributed by atoms with Crippen molar-refractivity contribution in [2.45, 2.75) is 19.3 Å². The van der Waals surface area contributed by atoms with E-state index >= 15 is 0 Å². The Balaban J connectivity index is 0.00000364. The summed E-state index contributed by atoms with van der Waals surface area (Å²) in [4.78, 5) is 18.5. The predicted molar refractivity (Wildman–Crippen MR) is 124 cm³/mol. The van der Waals surface area contributed by atoms with Gasteiger partial charge >= 0.3 is 0 Å². The van der Waals surface area contributed by atoms with Gasteiger partial charge in [0.05, 0.1) is 0 Å². The van der Waals surface area contributed by atoms with Crippen molar-refractivity contribution in [2.24, 2.45) is 10.9 Å². The Morgan fingerprint density at radius 1 is 1.22 bits per heavy atom. The van der Waals surface area contributed by atoms with Gasteiger partial charge in [0.1, 0.15) is 0 Å². The third kappa shape index (κ3) is 8.78. The monoisotopic (exact) mass is 552 g/mol. The molecule has 1 fully saturated rings. The van der Waals surface area contributed by atoms with Crippen LogP contribution < -0.4 is 10.6 Å². The molecule has 0 aliphatic carbocycles. The average molecular weight is 553 g/mol. The lowest BCUT2D eigenvalue weighted by molar-refractivity contribution is 0.0625. The van der Waals surface area contributed by atoms with Crippen molar-refractivity contribution < 1.29 is 9.53 Å². The number of nitrogens with one attached hydrogen (secondary N) is 2. The normalized spacial score (nSPS) is 15.0. The molecule has 1 aliphatic rings. The summed E-state index contributed by atoms with van der Waals surface area (Å²) in [5, 5.41) is 6.22. The zero-order chi connectivity index (χ0) is 18.8. The zero-order valence-corrected chi connectivity index (χ0v) is 20.0. The molecule has 1 aliphatic heterocycles. The second-order valence-corrected chi connectivity index (χ2v) is 7.42. The highest BCUT2D eigenvalue weighted by Crippen LogP contribution is 2.18. The van der Waals surface area contributed by atoms with Gasteiger partial charge in [-0.25, -0.2) is 0 Å². The summed E-state index contributed by atoms with van der Waals surface area (Å²) in [6, 6.07) is 7.33. The number of carbonyl (C=O) groups is 1. The molecule has 152 valence electrons. The number of aliphatic imine (C=N–C) groups is 1. The molecule has 1 aromatic rings. The van der Waals surface area contributed by atoms with Crippen molar-refractivity contribution in [3.05, 3.63) is 34.3 Å². The van der Waals surface area contributed by atoms with E-state index < -0.39 is 0 Å². The van der Waals surface area contributed by atoms with E-state index in [4.69, 9.17) is 4.74 Å². The van der Waals surface area contributed by atoms with Crippen molar-refractivity contribution >= 4 is 51.8 Å². The van der Waals surface area contributed by atoms with E-state index in [0.29, 0.717) is 18.7 Å². The number of guanidine groups is 1. The molecule has 0 spiro atoms. The van der Waals surface area contributed by atoms with Gasteiger partial charge in [-0.05, 0) is 49.4 Å². The molecule has 27 heavy (non-hydrogen) atoms. The fourth-order valence-corrected chi connectivity index (χ4v) is 3.22. The maximum absolute atomic E-state index is 12.1. The van der Waals surface area contributed by atoms with Crippen LogP contribution in [0.1, 0.15) is 29.6 Å². The first-order valence-corrected chi connectivity index (χ1v) is 9.92. The molecule has 0 bridgehead atoms. The van der Waals surface area contributed by atoms with Crippen LogP contribution in [0.5, 0.6) is 0 Å². The summed E-state index contributed by atoms with van der Waals surface area (Å²) in [5.41, 5.74) is 0.658. The first-order chi connectivity index (χ1) is 12.6. The number of ether oxygens (including phenoxy) is 1. The Morgan fingerprint density at radius 2 is 1.85 bits per heavy atom. The van der Waals surface area contributed by atoms with Crippen LogP contribution in [0.4, 0.5) is 0 Å². The summed E-state index contributed by atoms with van der Waals surface area (Å²) in [7, 11) is 3.84. The fourth-order valence-electron chi connectivity index (χ4n) is 2.96. The Morgan fingerprint density at radius 3 is 2.48 bits per heavy atom. The number of rotatable bonds is 7. The van der Waals surface area contributed by atoms with Crippen LogP contribution in [0.15, 0.2) is 33.7 Å². The molecular weight excluding hydrogens is 523 g/mol. The van der Waals surface area contributed by atoms with Gasteiger partial charge in [-0.1, -0.05) is 15.9 Å². The Labute approximate surface area is 187 Å². The summed E-state index contributed by atoms with van der Waals surface area (Å²) in [6.07, 6.45) is 3.46. The van der Waals surface area contributed by atoms with Crippen LogP contribution in [-0.2, 0) is 4.74 Å². The maximum Gasteiger partial charge on any atom is 0.251 e. The van der Waals surface area contributed by atoms with Gasteiger partial charge < -0.3 is 20.3 Å². The van der Waals surface area contributed by atoms with Gasteiger partial charge in [-0.2, -0.15) is 0 Å². The van der Waals surface area contributed by atoms with Crippen LogP contribution in [0, 0.1) is 5.92 Å². The first kappa shape index (κ1) is 24.2. The lowest BCUT2D eigenvalue weighted by atomic mass is 9.96. The number of amides is 1. The van der Waals surface area contributed by atoms with Crippen LogP contribution >= 0.6 is 39.9 Å².